The molecule has 0 bridgehead atoms. The molecule has 3 aromatic rings. The molecule has 1 aliphatic heterocycles. The SMILES string of the molecule is O=C1NC(=O)N(c2ccc(F)cc2)C(=O)/C1=C/c1cccn1CCOc1ccccc1Cl. The van der Waals surface area contributed by atoms with Crippen LogP contribution in [0.4, 0.5) is 14.9 Å². The van der Waals surface area contributed by atoms with Crippen molar-refractivity contribution in [2.45, 2.75) is 6.54 Å². The van der Waals surface area contributed by atoms with Crippen LogP contribution in [0.25, 0.3) is 6.08 Å². The molecular formula is C23H17ClFN3O4. The zero-order valence-corrected chi connectivity index (χ0v) is 17.4. The lowest BCUT2D eigenvalue weighted by molar-refractivity contribution is -0.122. The molecule has 4 rings (SSSR count). The predicted molar refractivity (Wildman–Crippen MR) is 117 cm³/mol. The van der Waals surface area contributed by atoms with Crippen LogP contribution in [-0.4, -0.2) is 29.0 Å². The molecular weight excluding hydrogens is 437 g/mol. The summed E-state index contributed by atoms with van der Waals surface area (Å²) in [6, 6.07) is 14.5. The molecule has 1 fully saturated rings. The molecule has 2 heterocycles. The maximum Gasteiger partial charge on any atom is 0.335 e. The number of hydrogen-bond acceptors (Lipinski definition) is 4. The molecule has 1 aromatic heterocycles. The molecule has 1 N–H and O–H groups in total. The minimum absolute atomic E-state index is 0.149. The van der Waals surface area contributed by atoms with E-state index in [4.69, 9.17) is 16.3 Å². The Morgan fingerprint density at radius 2 is 1.75 bits per heavy atom. The Kier molecular flexibility index (Phi) is 6.04. The minimum Gasteiger partial charge on any atom is -0.490 e. The Balaban J connectivity index is 1.54. The third-order valence-electron chi connectivity index (χ3n) is 4.77. The zero-order valence-electron chi connectivity index (χ0n) is 16.6. The number of aromatic nitrogens is 1. The maximum absolute atomic E-state index is 13.2. The van der Waals surface area contributed by atoms with Crippen LogP contribution >= 0.6 is 11.6 Å². The summed E-state index contributed by atoms with van der Waals surface area (Å²) in [5.41, 5.74) is 0.497. The fraction of sp³-hybridized carbons (Fsp3) is 0.0870. The molecule has 0 atom stereocenters. The van der Waals surface area contributed by atoms with E-state index in [1.807, 2.05) is 6.07 Å². The van der Waals surface area contributed by atoms with Crippen molar-refractivity contribution in [3.8, 4) is 5.75 Å². The monoisotopic (exact) mass is 453 g/mol. The second kappa shape index (κ2) is 9.07. The Morgan fingerprint density at radius 1 is 1.00 bits per heavy atom. The van der Waals surface area contributed by atoms with Crippen molar-refractivity contribution in [1.82, 2.24) is 9.88 Å². The third kappa shape index (κ3) is 4.40. The normalized spacial score (nSPS) is 15.2. The van der Waals surface area contributed by atoms with E-state index < -0.39 is 23.7 Å². The van der Waals surface area contributed by atoms with Crippen molar-refractivity contribution >= 4 is 41.2 Å². The van der Waals surface area contributed by atoms with Gasteiger partial charge in [-0.05, 0) is 54.6 Å². The lowest BCUT2D eigenvalue weighted by atomic mass is 10.1. The van der Waals surface area contributed by atoms with Gasteiger partial charge in [0.2, 0.25) is 0 Å². The number of hydrogen-bond donors (Lipinski definition) is 1. The first-order chi connectivity index (χ1) is 15.4. The number of nitrogens with one attached hydrogen (secondary N) is 1. The number of nitrogens with zero attached hydrogens (tertiary/aromatic N) is 2. The van der Waals surface area contributed by atoms with Crippen LogP contribution in [0.2, 0.25) is 5.02 Å². The summed E-state index contributed by atoms with van der Waals surface area (Å²) in [7, 11) is 0. The van der Waals surface area contributed by atoms with E-state index in [-0.39, 0.29) is 11.3 Å². The minimum atomic E-state index is -0.896. The summed E-state index contributed by atoms with van der Waals surface area (Å²) in [5.74, 6) is -1.57. The quantitative estimate of drug-likeness (QED) is 0.451. The van der Waals surface area contributed by atoms with Gasteiger partial charge >= 0.3 is 6.03 Å². The van der Waals surface area contributed by atoms with Gasteiger partial charge in [0.15, 0.2) is 0 Å². The van der Waals surface area contributed by atoms with Gasteiger partial charge in [0, 0.05) is 11.9 Å². The fourth-order valence-electron chi connectivity index (χ4n) is 3.21. The summed E-state index contributed by atoms with van der Waals surface area (Å²) in [5, 5.41) is 2.64. The van der Waals surface area contributed by atoms with Crippen molar-refractivity contribution in [3.63, 3.8) is 0 Å². The number of halogens is 2. The molecule has 9 heteroatoms. The topological polar surface area (TPSA) is 80.6 Å². The van der Waals surface area contributed by atoms with Crippen molar-refractivity contribution < 1.29 is 23.5 Å². The maximum atomic E-state index is 13.2. The van der Waals surface area contributed by atoms with Crippen LogP contribution in [0.3, 0.4) is 0 Å². The van der Waals surface area contributed by atoms with Crippen molar-refractivity contribution in [2.24, 2.45) is 0 Å². The molecule has 32 heavy (non-hydrogen) atoms. The molecule has 4 amide bonds. The number of rotatable bonds is 6. The molecule has 1 aliphatic rings. The predicted octanol–water partition coefficient (Wildman–Crippen LogP) is 4.03. The highest BCUT2D eigenvalue weighted by molar-refractivity contribution is 6.39. The van der Waals surface area contributed by atoms with E-state index in [0.717, 1.165) is 17.0 Å². The molecule has 162 valence electrons. The molecule has 0 radical (unpaired) electrons. The van der Waals surface area contributed by atoms with E-state index in [0.29, 0.717) is 29.6 Å². The summed E-state index contributed by atoms with van der Waals surface area (Å²) in [6.07, 6.45) is 3.17. The van der Waals surface area contributed by atoms with Gasteiger partial charge in [0.1, 0.15) is 23.7 Å². The number of benzene rings is 2. The second-order valence-electron chi connectivity index (χ2n) is 6.84. The van der Waals surface area contributed by atoms with Crippen molar-refractivity contribution in [3.05, 3.63) is 89.0 Å². The number of carbonyl (C=O) groups is 3. The van der Waals surface area contributed by atoms with E-state index in [2.05, 4.69) is 5.32 Å². The van der Waals surface area contributed by atoms with Crippen LogP contribution in [0, 0.1) is 5.82 Å². The fourth-order valence-corrected chi connectivity index (χ4v) is 3.40. The molecule has 0 unspecified atom stereocenters. The first-order valence-electron chi connectivity index (χ1n) is 9.63. The van der Waals surface area contributed by atoms with Gasteiger partial charge in [-0.15, -0.1) is 0 Å². The molecule has 7 nitrogen and oxygen atoms in total. The van der Waals surface area contributed by atoms with Gasteiger partial charge in [-0.25, -0.2) is 14.1 Å². The van der Waals surface area contributed by atoms with Gasteiger partial charge in [-0.1, -0.05) is 23.7 Å². The number of amides is 4. The first kappa shape index (κ1) is 21.3. The highest BCUT2D eigenvalue weighted by atomic mass is 35.5. The Bertz CT molecular complexity index is 1220. The summed E-state index contributed by atoms with van der Waals surface area (Å²) < 4.78 is 20.7. The Hall–Kier alpha value is -3.91. The lowest BCUT2D eigenvalue weighted by Gasteiger charge is -2.26. The Morgan fingerprint density at radius 3 is 2.50 bits per heavy atom. The summed E-state index contributed by atoms with van der Waals surface area (Å²) >= 11 is 6.09. The van der Waals surface area contributed by atoms with Crippen LogP contribution in [0.15, 0.2) is 72.4 Å². The van der Waals surface area contributed by atoms with Gasteiger partial charge in [0.25, 0.3) is 11.8 Å². The number of carbonyl (C=O) groups excluding carboxylic acids is 3. The highest BCUT2D eigenvalue weighted by Crippen LogP contribution is 2.24. The van der Waals surface area contributed by atoms with E-state index in [1.54, 1.807) is 41.1 Å². The lowest BCUT2D eigenvalue weighted by Crippen LogP contribution is -2.54. The van der Waals surface area contributed by atoms with Gasteiger partial charge < -0.3 is 9.30 Å². The largest absolute Gasteiger partial charge is 0.490 e. The summed E-state index contributed by atoms with van der Waals surface area (Å²) in [4.78, 5) is 38.3. The van der Waals surface area contributed by atoms with E-state index in [1.165, 1.54) is 18.2 Å². The standard InChI is InChI=1S/C23H17ClFN3O4/c24-19-5-1-2-6-20(19)32-13-12-27-11-3-4-17(27)14-18-21(29)26-23(31)28(22(18)30)16-9-7-15(25)8-10-16/h1-11,14H,12-13H2,(H,26,29,31)/b18-14+. The van der Waals surface area contributed by atoms with Crippen LogP contribution < -0.4 is 15.0 Å². The van der Waals surface area contributed by atoms with Gasteiger partial charge in [-0.2, -0.15) is 0 Å². The van der Waals surface area contributed by atoms with E-state index in [9.17, 15) is 18.8 Å². The van der Waals surface area contributed by atoms with Gasteiger partial charge in [-0.3, -0.25) is 14.9 Å². The number of para-hydroxylation sites is 1. The average Bonchev–Trinajstić information content (AvgIpc) is 3.21. The second-order valence-corrected chi connectivity index (χ2v) is 7.25. The molecule has 1 saturated heterocycles. The Labute approximate surface area is 187 Å². The first-order valence-corrected chi connectivity index (χ1v) is 10.0. The van der Waals surface area contributed by atoms with Crippen LogP contribution in [-0.2, 0) is 16.1 Å². The third-order valence-corrected chi connectivity index (χ3v) is 5.08. The van der Waals surface area contributed by atoms with E-state index >= 15 is 0 Å². The van der Waals surface area contributed by atoms with Crippen molar-refractivity contribution in [2.75, 3.05) is 11.5 Å². The smallest absolute Gasteiger partial charge is 0.335 e. The molecule has 2 aromatic carbocycles. The highest BCUT2D eigenvalue weighted by Gasteiger charge is 2.37. The summed E-state index contributed by atoms with van der Waals surface area (Å²) in [6.45, 7) is 0.725. The number of urea groups is 1. The average molecular weight is 454 g/mol. The van der Waals surface area contributed by atoms with Crippen molar-refractivity contribution in [1.29, 1.82) is 0 Å². The number of ether oxygens (including phenoxy) is 1. The van der Waals surface area contributed by atoms with Crippen LogP contribution in [0.1, 0.15) is 5.69 Å². The number of anilines is 1. The number of imide groups is 2. The molecule has 0 saturated carbocycles. The van der Waals surface area contributed by atoms with Gasteiger partial charge in [0.05, 0.1) is 17.3 Å². The molecule has 0 spiro atoms. The number of barbiturate groups is 1. The van der Waals surface area contributed by atoms with Crippen LogP contribution in [0.5, 0.6) is 5.75 Å². The molecule has 0 aliphatic carbocycles. The zero-order chi connectivity index (χ0) is 22.7.